The average molecular weight is 364 g/mol. The molecule has 0 spiro atoms. The summed E-state index contributed by atoms with van der Waals surface area (Å²) in [5.74, 6) is 1.96. The normalized spacial score (nSPS) is 20.6. The first-order chi connectivity index (χ1) is 12.2. The number of pyridine rings is 1. The van der Waals surface area contributed by atoms with Gasteiger partial charge in [-0.1, -0.05) is 6.07 Å². The zero-order valence-corrected chi connectivity index (χ0v) is 16.9. The van der Waals surface area contributed by atoms with Gasteiger partial charge >= 0.3 is 0 Å². The van der Waals surface area contributed by atoms with E-state index in [4.69, 9.17) is 4.99 Å². The van der Waals surface area contributed by atoms with E-state index in [-0.39, 0.29) is 0 Å². The van der Waals surface area contributed by atoms with Crippen molar-refractivity contribution >= 4 is 23.5 Å². The molecule has 0 bridgehead atoms. The number of aromatic nitrogens is 1. The van der Waals surface area contributed by atoms with E-state index in [0.29, 0.717) is 12.6 Å². The Labute approximate surface area is 157 Å². The molecule has 0 radical (unpaired) electrons. The third-order valence-electron chi connectivity index (χ3n) is 4.72. The van der Waals surface area contributed by atoms with Gasteiger partial charge in [0.05, 0.1) is 6.54 Å². The average Bonchev–Trinajstić information content (AvgIpc) is 3.09. The summed E-state index contributed by atoms with van der Waals surface area (Å²) in [4.78, 5) is 11.6. The van der Waals surface area contributed by atoms with E-state index in [0.717, 1.165) is 42.2 Å². The van der Waals surface area contributed by atoms with E-state index in [1.165, 1.54) is 19.3 Å². The molecule has 1 aliphatic carbocycles. The van der Waals surface area contributed by atoms with Crippen molar-refractivity contribution in [2.24, 2.45) is 4.99 Å². The van der Waals surface area contributed by atoms with Gasteiger partial charge in [0.25, 0.3) is 0 Å². The third kappa shape index (κ3) is 6.10. The van der Waals surface area contributed by atoms with Crippen LogP contribution in [0.25, 0.3) is 0 Å². The number of nitrogens with zero attached hydrogens (tertiary/aromatic N) is 3. The predicted octanol–water partition coefficient (Wildman–Crippen LogP) is 3.27. The van der Waals surface area contributed by atoms with Crippen molar-refractivity contribution in [3.63, 3.8) is 0 Å². The smallest absolute Gasteiger partial charge is 0.191 e. The highest BCUT2D eigenvalue weighted by atomic mass is 32.2. The molecule has 0 saturated heterocycles. The summed E-state index contributed by atoms with van der Waals surface area (Å²) in [5, 5.41) is 7.75. The second-order valence-corrected chi connectivity index (χ2v) is 7.54. The number of nitrogens with one attached hydrogen (secondary N) is 2. The van der Waals surface area contributed by atoms with Crippen molar-refractivity contribution in [3.8, 4) is 0 Å². The van der Waals surface area contributed by atoms with Crippen LogP contribution in [-0.4, -0.2) is 48.1 Å². The van der Waals surface area contributed by atoms with Crippen LogP contribution in [0.1, 0.15) is 45.6 Å². The fourth-order valence-electron chi connectivity index (χ4n) is 3.21. The van der Waals surface area contributed by atoms with Crippen LogP contribution < -0.4 is 15.5 Å². The van der Waals surface area contributed by atoms with Gasteiger partial charge in [-0.05, 0) is 57.9 Å². The molecule has 2 N–H and O–H groups in total. The van der Waals surface area contributed by atoms with Crippen LogP contribution in [0.5, 0.6) is 0 Å². The van der Waals surface area contributed by atoms with Gasteiger partial charge in [0.15, 0.2) is 5.96 Å². The lowest BCUT2D eigenvalue weighted by molar-refractivity contribution is 0.615. The Morgan fingerprint density at radius 1 is 1.28 bits per heavy atom. The second kappa shape index (κ2) is 10.5. The first kappa shape index (κ1) is 19.9. The van der Waals surface area contributed by atoms with Crippen molar-refractivity contribution in [2.45, 2.75) is 57.9 Å². The van der Waals surface area contributed by atoms with Gasteiger partial charge in [0, 0.05) is 37.1 Å². The molecule has 0 aromatic carbocycles. The highest BCUT2D eigenvalue weighted by molar-refractivity contribution is 7.99. The summed E-state index contributed by atoms with van der Waals surface area (Å²) in [7, 11) is 0. The largest absolute Gasteiger partial charge is 0.357 e. The van der Waals surface area contributed by atoms with E-state index in [2.05, 4.69) is 59.7 Å². The lowest BCUT2D eigenvalue weighted by Crippen LogP contribution is -2.42. The maximum atomic E-state index is 4.75. The van der Waals surface area contributed by atoms with Gasteiger partial charge in [-0.15, -0.1) is 0 Å². The second-order valence-electron chi connectivity index (χ2n) is 6.40. The monoisotopic (exact) mass is 363 g/mol. The molecule has 1 aromatic rings. The highest BCUT2D eigenvalue weighted by Gasteiger charge is 2.24. The Morgan fingerprint density at radius 2 is 2.08 bits per heavy atom. The molecular weight excluding hydrogens is 330 g/mol. The molecule has 1 aliphatic rings. The van der Waals surface area contributed by atoms with Gasteiger partial charge in [-0.25, -0.2) is 9.98 Å². The zero-order chi connectivity index (χ0) is 18.1. The van der Waals surface area contributed by atoms with Crippen LogP contribution in [0.2, 0.25) is 0 Å². The first-order valence-corrected chi connectivity index (χ1v) is 10.8. The minimum absolute atomic E-state index is 0.540. The molecule has 1 heterocycles. The molecule has 1 aromatic heterocycles. The molecule has 25 heavy (non-hydrogen) atoms. The van der Waals surface area contributed by atoms with E-state index in [1.54, 1.807) is 0 Å². The quantitative estimate of drug-likeness (QED) is 0.548. The van der Waals surface area contributed by atoms with Crippen molar-refractivity contribution in [3.05, 3.63) is 23.9 Å². The van der Waals surface area contributed by atoms with Crippen molar-refractivity contribution < 1.29 is 0 Å². The number of thioether (sulfide) groups is 1. The van der Waals surface area contributed by atoms with E-state index >= 15 is 0 Å². The maximum Gasteiger partial charge on any atom is 0.191 e. The van der Waals surface area contributed by atoms with Gasteiger partial charge in [0.2, 0.25) is 0 Å². The van der Waals surface area contributed by atoms with Gasteiger partial charge in [0.1, 0.15) is 5.82 Å². The number of guanidine groups is 1. The van der Waals surface area contributed by atoms with Crippen molar-refractivity contribution in [1.82, 2.24) is 15.6 Å². The first-order valence-electron chi connectivity index (χ1n) is 9.47. The molecule has 0 aliphatic heterocycles. The minimum Gasteiger partial charge on any atom is -0.357 e. The topological polar surface area (TPSA) is 52.6 Å². The van der Waals surface area contributed by atoms with Crippen LogP contribution in [0.3, 0.4) is 0 Å². The maximum absolute atomic E-state index is 4.75. The molecule has 2 rings (SSSR count). The molecule has 140 valence electrons. The summed E-state index contributed by atoms with van der Waals surface area (Å²) in [5.41, 5.74) is 1.14. The fraction of sp³-hybridized carbons (Fsp3) is 0.684. The van der Waals surface area contributed by atoms with Gasteiger partial charge in [-0.2, -0.15) is 11.8 Å². The summed E-state index contributed by atoms with van der Waals surface area (Å²) in [6.45, 7) is 9.91. The summed E-state index contributed by atoms with van der Waals surface area (Å²) in [6, 6.07) is 4.77. The van der Waals surface area contributed by atoms with Crippen molar-refractivity contribution in [1.29, 1.82) is 0 Å². The molecule has 1 fully saturated rings. The Morgan fingerprint density at radius 3 is 2.64 bits per heavy atom. The molecular formula is C19H33N5S. The standard InChI is InChI=1S/C19H33N5S/c1-5-20-19(23-16-9-10-17(12-16)25-4)22-14-15-8-11-18(21-13-15)24(6-2)7-3/h8,11,13,16-17H,5-7,9-10,12,14H2,1-4H3,(H2,20,22,23). The molecule has 0 amide bonds. The molecule has 5 nitrogen and oxygen atoms in total. The lowest BCUT2D eigenvalue weighted by Gasteiger charge is -2.19. The number of rotatable bonds is 8. The van der Waals surface area contributed by atoms with E-state index in [9.17, 15) is 0 Å². The number of hydrogen-bond acceptors (Lipinski definition) is 4. The van der Waals surface area contributed by atoms with E-state index in [1.807, 2.05) is 18.0 Å². The van der Waals surface area contributed by atoms with Crippen LogP contribution >= 0.6 is 11.8 Å². The summed E-state index contributed by atoms with van der Waals surface area (Å²) < 4.78 is 0. The van der Waals surface area contributed by atoms with Crippen LogP contribution in [0.4, 0.5) is 5.82 Å². The van der Waals surface area contributed by atoms with Gasteiger partial charge < -0.3 is 15.5 Å². The highest BCUT2D eigenvalue weighted by Crippen LogP contribution is 2.28. The lowest BCUT2D eigenvalue weighted by atomic mass is 10.2. The van der Waals surface area contributed by atoms with Crippen LogP contribution in [-0.2, 0) is 6.54 Å². The predicted molar refractivity (Wildman–Crippen MR) is 111 cm³/mol. The molecule has 2 unspecified atom stereocenters. The zero-order valence-electron chi connectivity index (χ0n) is 16.1. The van der Waals surface area contributed by atoms with Gasteiger partial charge in [-0.3, -0.25) is 0 Å². The Bertz CT molecular complexity index is 527. The molecule has 2 atom stereocenters. The third-order valence-corrected chi connectivity index (χ3v) is 5.81. The summed E-state index contributed by atoms with van der Waals surface area (Å²) in [6.07, 6.45) is 7.91. The number of anilines is 1. The number of aliphatic imine (C=N–C) groups is 1. The number of hydrogen-bond donors (Lipinski definition) is 2. The van der Waals surface area contributed by atoms with Crippen LogP contribution in [0.15, 0.2) is 23.3 Å². The molecule has 1 saturated carbocycles. The fourth-order valence-corrected chi connectivity index (χ4v) is 4.01. The van der Waals surface area contributed by atoms with Crippen LogP contribution in [0, 0.1) is 0 Å². The minimum atomic E-state index is 0.540. The SMILES string of the molecule is CCNC(=NCc1ccc(N(CC)CC)nc1)NC1CCC(SC)C1. The Kier molecular flexibility index (Phi) is 8.38. The Hall–Kier alpha value is -1.43. The Balaban J connectivity index is 1.94. The van der Waals surface area contributed by atoms with Crippen molar-refractivity contribution in [2.75, 3.05) is 30.8 Å². The molecule has 6 heteroatoms. The van der Waals surface area contributed by atoms with E-state index < -0.39 is 0 Å². The summed E-state index contributed by atoms with van der Waals surface area (Å²) >= 11 is 1.98.